The number of H-pyrrole nitrogens is 2. The number of ether oxygens (including phenoxy) is 2. The van der Waals surface area contributed by atoms with Gasteiger partial charge >= 0.3 is 17.3 Å². The highest BCUT2D eigenvalue weighted by atomic mass is 16.5. The topological polar surface area (TPSA) is 331 Å². The van der Waals surface area contributed by atoms with Crippen LogP contribution in [-0.4, -0.2) is 127 Å². The fourth-order valence-corrected chi connectivity index (χ4v) is 6.23. The lowest BCUT2D eigenvalue weighted by Gasteiger charge is -2.14. The molecule has 2 saturated heterocycles. The summed E-state index contributed by atoms with van der Waals surface area (Å²) in [6, 6.07) is 0. The van der Waals surface area contributed by atoms with Crippen LogP contribution in [0.3, 0.4) is 0 Å². The molecule has 6 heterocycles. The van der Waals surface area contributed by atoms with Crippen LogP contribution in [0.2, 0.25) is 0 Å². The summed E-state index contributed by atoms with van der Waals surface area (Å²) in [6.07, 6.45) is 8.15. The van der Waals surface area contributed by atoms with Crippen LogP contribution >= 0.6 is 0 Å². The van der Waals surface area contributed by atoms with Crippen LogP contribution in [0.1, 0.15) is 62.6 Å². The van der Waals surface area contributed by atoms with Gasteiger partial charge in [-0.1, -0.05) is 19.8 Å². The number of aryl methyl sites for hydroxylation is 1. The molecule has 1 amide bonds. The maximum absolute atomic E-state index is 12.3. The van der Waals surface area contributed by atoms with E-state index in [4.69, 9.17) is 19.7 Å². The van der Waals surface area contributed by atoms with Gasteiger partial charge in [-0.05, 0) is 18.6 Å². The second kappa shape index (κ2) is 20.5. The molecule has 6 atom stereocenters. The second-order valence-corrected chi connectivity index (χ2v) is 13.5. The third-order valence-electron chi connectivity index (χ3n) is 9.32. The number of anilines is 1. The minimum atomic E-state index is -1.24. The van der Waals surface area contributed by atoms with E-state index in [1.54, 1.807) is 6.33 Å². The van der Waals surface area contributed by atoms with Crippen LogP contribution in [0, 0.1) is 0 Å². The van der Waals surface area contributed by atoms with Gasteiger partial charge in [-0.25, -0.2) is 29.3 Å². The van der Waals surface area contributed by atoms with Crippen molar-refractivity contribution < 1.29 is 44.6 Å². The van der Waals surface area contributed by atoms with E-state index in [1.807, 2.05) is 9.55 Å². The number of fused-ring (bicyclic) bond motifs is 1. The Labute approximate surface area is 333 Å². The number of hydrogen-bond donors (Lipinski definition) is 9. The quantitative estimate of drug-likeness (QED) is 0.0437. The summed E-state index contributed by atoms with van der Waals surface area (Å²) in [6.45, 7) is 2.84. The van der Waals surface area contributed by atoms with E-state index >= 15 is 0 Å². The Morgan fingerprint density at radius 1 is 0.847 bits per heavy atom. The first-order valence-electron chi connectivity index (χ1n) is 18.7. The Hall–Kier alpha value is -6.11. The fraction of sp³-hybridized carbons (Fsp3) is 0.472. The van der Waals surface area contributed by atoms with Gasteiger partial charge in [0.1, 0.15) is 36.5 Å². The SMILES string of the molecule is CCCCCn1cnc2c(NCCNC(=O)/C=C/c3cn(C4CC(O)C(CO)O4)c(=O)[nH]c3=O)ncnc21.O=C(O)/C=C/c1cn(C2CC(O)C(CO)O2)c(=O)[nH]c1=O. The summed E-state index contributed by atoms with van der Waals surface area (Å²) in [7, 11) is 0. The monoisotopic (exact) mass is 826 g/mol. The molecular weight excluding hydrogens is 780 g/mol. The summed E-state index contributed by atoms with van der Waals surface area (Å²) < 4.78 is 15.0. The number of hydrogen-bond acceptors (Lipinski definition) is 16. The Balaban J connectivity index is 0.000000266. The van der Waals surface area contributed by atoms with Crippen LogP contribution in [0.15, 0.2) is 56.4 Å². The first-order chi connectivity index (χ1) is 28.3. The average Bonchev–Trinajstić information content (AvgIpc) is 3.92. The molecule has 0 radical (unpaired) electrons. The van der Waals surface area contributed by atoms with Gasteiger partial charge in [0.25, 0.3) is 11.1 Å². The van der Waals surface area contributed by atoms with Gasteiger partial charge in [0.05, 0.1) is 42.9 Å². The summed E-state index contributed by atoms with van der Waals surface area (Å²) >= 11 is 0. The highest BCUT2D eigenvalue weighted by Crippen LogP contribution is 2.28. The van der Waals surface area contributed by atoms with Gasteiger partial charge in [0, 0.05) is 57.0 Å². The van der Waals surface area contributed by atoms with Gasteiger partial charge in [-0.15, -0.1) is 0 Å². The number of unbranched alkanes of at least 4 members (excludes halogenated alkanes) is 2. The van der Waals surface area contributed by atoms with E-state index in [9.17, 15) is 44.1 Å². The molecule has 0 aliphatic carbocycles. The number of aliphatic carboxylic acids is 1. The highest BCUT2D eigenvalue weighted by molar-refractivity contribution is 5.91. The van der Waals surface area contributed by atoms with E-state index in [2.05, 4.69) is 37.5 Å². The third-order valence-corrected chi connectivity index (χ3v) is 9.32. The van der Waals surface area contributed by atoms with Gasteiger partial charge in [0.2, 0.25) is 5.91 Å². The van der Waals surface area contributed by atoms with Crippen molar-refractivity contribution in [1.82, 2.24) is 43.9 Å². The lowest BCUT2D eigenvalue weighted by Crippen LogP contribution is -2.33. The van der Waals surface area contributed by atoms with Gasteiger partial charge in [0.15, 0.2) is 11.5 Å². The molecule has 318 valence electrons. The van der Waals surface area contributed by atoms with Crippen molar-refractivity contribution in [3.8, 4) is 0 Å². The van der Waals surface area contributed by atoms with Crippen molar-refractivity contribution in [2.24, 2.45) is 0 Å². The number of imidazole rings is 1. The van der Waals surface area contributed by atoms with Crippen molar-refractivity contribution >= 4 is 41.0 Å². The molecule has 2 aliphatic heterocycles. The molecule has 0 bridgehead atoms. The summed E-state index contributed by atoms with van der Waals surface area (Å²) in [5, 5.41) is 52.2. The van der Waals surface area contributed by atoms with Crippen LogP contribution in [0.25, 0.3) is 23.3 Å². The third kappa shape index (κ3) is 11.3. The second-order valence-electron chi connectivity index (χ2n) is 13.5. The molecule has 4 aromatic heterocycles. The predicted molar refractivity (Wildman–Crippen MR) is 208 cm³/mol. The van der Waals surface area contributed by atoms with Gasteiger partial charge in [-0.3, -0.25) is 33.5 Å². The Bertz CT molecular complexity index is 2380. The van der Waals surface area contributed by atoms with Crippen LogP contribution < -0.4 is 33.1 Å². The van der Waals surface area contributed by atoms with Crippen molar-refractivity contribution in [3.63, 3.8) is 0 Å². The fourth-order valence-electron chi connectivity index (χ4n) is 6.23. The molecule has 4 aromatic rings. The molecule has 2 aliphatic rings. The predicted octanol–water partition coefficient (Wildman–Crippen LogP) is -1.98. The van der Waals surface area contributed by atoms with E-state index in [-0.39, 0.29) is 30.5 Å². The number of aromatic amines is 2. The number of amides is 1. The van der Waals surface area contributed by atoms with E-state index in [0.29, 0.717) is 17.9 Å². The number of carboxylic acid groups (broad SMARTS) is 1. The number of aliphatic hydroxyl groups is 4. The molecule has 23 nitrogen and oxygen atoms in total. The largest absolute Gasteiger partial charge is 0.478 e. The standard InChI is InChI=1S/C24H32N8O6.C12H14N2O7/c1-2-3-4-9-31-14-29-20-21(27-13-28-22(20)31)26-8-7-25-18(35)6-5-15-11-32(24(37)30-23(15)36)19-10-16(34)17(12-33)38-19;15-5-8-7(16)3-9(21-8)14-4-6(1-2-10(17)18)11(19)13-12(14)20/h5-6,11,13-14,16-17,19,33-34H,2-4,7-10,12H2,1H3,(H,25,35)(H,26,27,28)(H,30,36,37);1-2,4,7-9,15-16H,3,5H2,(H,17,18)(H,13,19,20)/b6-5+;2-1+. The van der Waals surface area contributed by atoms with E-state index < -0.39 is 84.5 Å². The minimum Gasteiger partial charge on any atom is -0.478 e. The average molecular weight is 827 g/mol. The zero-order valence-corrected chi connectivity index (χ0v) is 31.8. The number of carbonyl (C=O) groups excluding carboxylic acids is 1. The van der Waals surface area contributed by atoms with Crippen LogP contribution in [-0.2, 0) is 25.6 Å². The molecule has 0 saturated carbocycles. The maximum Gasteiger partial charge on any atom is 0.330 e. The Kier molecular flexibility index (Phi) is 15.3. The first kappa shape index (κ1) is 44.0. The number of carboxylic acids is 1. The molecule has 2 fully saturated rings. The van der Waals surface area contributed by atoms with Gasteiger partial charge in [-0.2, -0.15) is 0 Å². The molecule has 0 spiro atoms. The summed E-state index contributed by atoms with van der Waals surface area (Å²) in [5.74, 6) is -1.10. The molecule has 6 rings (SSSR count). The number of aromatic nitrogens is 8. The lowest BCUT2D eigenvalue weighted by molar-refractivity contribution is -0.131. The number of rotatable bonds is 16. The number of aliphatic hydroxyl groups excluding tert-OH is 4. The lowest BCUT2D eigenvalue weighted by atomic mass is 10.2. The molecule has 23 heteroatoms. The highest BCUT2D eigenvalue weighted by Gasteiger charge is 2.36. The number of nitrogens with zero attached hydrogens (tertiary/aromatic N) is 6. The van der Waals surface area contributed by atoms with Crippen molar-refractivity contribution in [3.05, 3.63) is 90.0 Å². The zero-order valence-electron chi connectivity index (χ0n) is 31.8. The normalized spacial score (nSPS) is 21.6. The van der Waals surface area contributed by atoms with Crippen molar-refractivity contribution in [2.45, 2.75) is 82.4 Å². The Morgan fingerprint density at radius 2 is 1.42 bits per heavy atom. The minimum absolute atomic E-state index is 0.0393. The zero-order chi connectivity index (χ0) is 42.6. The molecule has 6 unspecified atom stereocenters. The van der Waals surface area contributed by atoms with E-state index in [0.717, 1.165) is 58.9 Å². The number of carbonyl (C=O) groups is 2. The first-order valence-corrected chi connectivity index (χ1v) is 18.7. The molecule has 59 heavy (non-hydrogen) atoms. The van der Waals surface area contributed by atoms with Crippen LogP contribution in [0.4, 0.5) is 5.82 Å². The smallest absolute Gasteiger partial charge is 0.330 e. The van der Waals surface area contributed by atoms with Crippen molar-refractivity contribution in [2.75, 3.05) is 31.6 Å². The summed E-state index contributed by atoms with van der Waals surface area (Å²) in [5.41, 5.74) is -1.44. The van der Waals surface area contributed by atoms with E-state index in [1.165, 1.54) is 24.7 Å². The van der Waals surface area contributed by atoms with Gasteiger partial charge < -0.3 is 50.2 Å². The Morgan fingerprint density at radius 3 is 1.95 bits per heavy atom. The van der Waals surface area contributed by atoms with Crippen LogP contribution in [0.5, 0.6) is 0 Å². The molecular formula is C36H46N10O13. The molecule has 9 N–H and O–H groups in total. The maximum atomic E-state index is 12.3. The number of nitrogens with one attached hydrogen (secondary N) is 4. The summed E-state index contributed by atoms with van der Waals surface area (Å²) in [4.78, 5) is 87.7. The van der Waals surface area contributed by atoms with Crippen molar-refractivity contribution in [1.29, 1.82) is 0 Å². The molecule has 0 aromatic carbocycles.